The molecule has 0 aromatic heterocycles. The number of rotatable bonds is 5. The number of hydrogen-bond donors (Lipinski definition) is 3. The molecule has 156 valence electrons. The Morgan fingerprint density at radius 1 is 1.11 bits per heavy atom. The highest BCUT2D eigenvalue weighted by Gasteiger charge is 2.55. The molecule has 1 saturated heterocycles. The Morgan fingerprint density at radius 2 is 1.79 bits per heavy atom. The standard InChI is InChI=1S/C20H32N4O4/c1-3-21-16(26)19(10-6-4-7-11-19)22-15(25)13-24-17(27)20(23-18(24)28)12-8-5-9-14(20)2/h14H,3-13H2,1-2H3,(H,21,26)(H,22,25)(H,23,28). The van der Waals surface area contributed by atoms with E-state index in [1.807, 2.05) is 13.8 Å². The maximum atomic E-state index is 13.0. The first-order valence-corrected chi connectivity index (χ1v) is 10.6. The number of likely N-dealkylation sites (N-methyl/N-ethyl adjacent to an activating group) is 1. The molecule has 1 aliphatic heterocycles. The van der Waals surface area contributed by atoms with Crippen LogP contribution < -0.4 is 16.0 Å². The van der Waals surface area contributed by atoms with Crippen LogP contribution in [0, 0.1) is 5.92 Å². The van der Waals surface area contributed by atoms with Crippen molar-refractivity contribution in [1.29, 1.82) is 0 Å². The van der Waals surface area contributed by atoms with Crippen molar-refractivity contribution in [1.82, 2.24) is 20.9 Å². The van der Waals surface area contributed by atoms with Gasteiger partial charge >= 0.3 is 6.03 Å². The van der Waals surface area contributed by atoms with E-state index in [-0.39, 0.29) is 24.3 Å². The van der Waals surface area contributed by atoms with E-state index in [9.17, 15) is 19.2 Å². The van der Waals surface area contributed by atoms with E-state index < -0.39 is 23.0 Å². The largest absolute Gasteiger partial charge is 0.354 e. The molecule has 8 heteroatoms. The minimum atomic E-state index is -0.944. The summed E-state index contributed by atoms with van der Waals surface area (Å²) in [6.45, 7) is 3.96. The first-order valence-electron chi connectivity index (χ1n) is 10.6. The summed E-state index contributed by atoms with van der Waals surface area (Å²) in [7, 11) is 0. The van der Waals surface area contributed by atoms with E-state index >= 15 is 0 Å². The van der Waals surface area contributed by atoms with Gasteiger partial charge in [0.15, 0.2) is 0 Å². The average molecular weight is 393 g/mol. The van der Waals surface area contributed by atoms with Gasteiger partial charge in [-0.25, -0.2) is 4.79 Å². The smallest absolute Gasteiger partial charge is 0.325 e. The fourth-order valence-corrected chi connectivity index (χ4v) is 4.98. The molecule has 0 aromatic rings. The van der Waals surface area contributed by atoms with Crippen molar-refractivity contribution in [3.05, 3.63) is 0 Å². The molecule has 1 heterocycles. The third-order valence-electron chi connectivity index (χ3n) is 6.66. The highest BCUT2D eigenvalue weighted by Crippen LogP contribution is 2.38. The third-order valence-corrected chi connectivity index (χ3v) is 6.66. The van der Waals surface area contributed by atoms with E-state index in [1.165, 1.54) is 0 Å². The molecule has 2 saturated carbocycles. The Balaban J connectivity index is 1.70. The number of nitrogens with zero attached hydrogens (tertiary/aromatic N) is 1. The van der Waals surface area contributed by atoms with Crippen molar-refractivity contribution in [2.24, 2.45) is 5.92 Å². The molecule has 0 radical (unpaired) electrons. The van der Waals surface area contributed by atoms with E-state index in [1.54, 1.807) is 0 Å². The molecule has 0 aromatic carbocycles. The fourth-order valence-electron chi connectivity index (χ4n) is 4.98. The van der Waals surface area contributed by atoms with Crippen LogP contribution in [0.3, 0.4) is 0 Å². The van der Waals surface area contributed by atoms with Gasteiger partial charge in [-0.2, -0.15) is 0 Å². The molecule has 8 nitrogen and oxygen atoms in total. The second-order valence-electron chi connectivity index (χ2n) is 8.49. The van der Waals surface area contributed by atoms with Crippen LogP contribution in [-0.4, -0.2) is 52.8 Å². The molecule has 3 aliphatic rings. The molecule has 2 atom stereocenters. The Labute approximate surface area is 166 Å². The van der Waals surface area contributed by atoms with Crippen LogP contribution in [-0.2, 0) is 14.4 Å². The van der Waals surface area contributed by atoms with Gasteiger partial charge in [-0.3, -0.25) is 19.3 Å². The molecular formula is C20H32N4O4. The number of hydrogen-bond acceptors (Lipinski definition) is 4. The summed E-state index contributed by atoms with van der Waals surface area (Å²) in [6.07, 6.45) is 7.33. The van der Waals surface area contributed by atoms with Gasteiger partial charge in [-0.15, -0.1) is 0 Å². The number of imide groups is 1. The van der Waals surface area contributed by atoms with E-state index in [4.69, 9.17) is 0 Å². The first kappa shape index (κ1) is 20.6. The maximum Gasteiger partial charge on any atom is 0.325 e. The zero-order valence-corrected chi connectivity index (χ0v) is 16.9. The molecule has 3 N–H and O–H groups in total. The minimum Gasteiger partial charge on any atom is -0.354 e. The SMILES string of the molecule is CCNC(=O)C1(NC(=O)CN2C(=O)NC3(CCCCC3C)C2=O)CCCCC1. The van der Waals surface area contributed by atoms with Gasteiger partial charge in [-0.1, -0.05) is 39.0 Å². The van der Waals surface area contributed by atoms with Gasteiger partial charge < -0.3 is 16.0 Å². The van der Waals surface area contributed by atoms with Gasteiger partial charge in [0.2, 0.25) is 11.8 Å². The normalized spacial score (nSPS) is 29.5. The summed E-state index contributed by atoms with van der Waals surface area (Å²) in [5, 5.41) is 8.53. The van der Waals surface area contributed by atoms with Crippen LogP contribution in [0.25, 0.3) is 0 Å². The zero-order valence-electron chi connectivity index (χ0n) is 16.9. The topological polar surface area (TPSA) is 108 Å². The average Bonchev–Trinajstić information content (AvgIpc) is 2.90. The quantitative estimate of drug-likeness (QED) is 0.615. The third kappa shape index (κ3) is 3.61. The Bertz CT molecular complexity index is 659. The van der Waals surface area contributed by atoms with Crippen molar-refractivity contribution >= 4 is 23.8 Å². The highest BCUT2D eigenvalue weighted by atomic mass is 16.2. The first-order chi connectivity index (χ1) is 13.3. The minimum absolute atomic E-state index is 0.0470. The van der Waals surface area contributed by atoms with Crippen molar-refractivity contribution in [2.45, 2.75) is 82.7 Å². The lowest BCUT2D eigenvalue weighted by Gasteiger charge is -2.37. The van der Waals surface area contributed by atoms with Gasteiger partial charge in [0.25, 0.3) is 5.91 Å². The Morgan fingerprint density at radius 3 is 2.43 bits per heavy atom. The number of amides is 5. The number of carbonyl (C=O) groups excluding carboxylic acids is 4. The van der Waals surface area contributed by atoms with Crippen LogP contribution in [0.4, 0.5) is 4.79 Å². The molecule has 0 bridgehead atoms. The summed E-state index contributed by atoms with van der Waals surface area (Å²) in [5.41, 5.74) is -1.82. The van der Waals surface area contributed by atoms with Crippen molar-refractivity contribution in [2.75, 3.05) is 13.1 Å². The predicted octanol–water partition coefficient (Wildman–Crippen LogP) is 1.44. The summed E-state index contributed by atoms with van der Waals surface area (Å²) in [5.74, 6) is -0.906. The van der Waals surface area contributed by atoms with E-state index in [2.05, 4.69) is 16.0 Å². The maximum absolute atomic E-state index is 13.0. The summed E-state index contributed by atoms with van der Waals surface area (Å²) in [6, 6.07) is -0.510. The van der Waals surface area contributed by atoms with Crippen LogP contribution in [0.1, 0.15) is 71.6 Å². The summed E-state index contributed by atoms with van der Waals surface area (Å²) in [4.78, 5) is 51.9. The lowest BCUT2D eigenvalue weighted by Crippen LogP contribution is -2.61. The molecule has 1 spiro atoms. The van der Waals surface area contributed by atoms with Crippen molar-refractivity contribution in [3.8, 4) is 0 Å². The monoisotopic (exact) mass is 392 g/mol. The lowest BCUT2D eigenvalue weighted by molar-refractivity contribution is -0.139. The molecule has 5 amide bonds. The van der Waals surface area contributed by atoms with Gasteiger partial charge in [0.1, 0.15) is 17.6 Å². The summed E-state index contributed by atoms with van der Waals surface area (Å²) >= 11 is 0. The van der Waals surface area contributed by atoms with E-state index in [0.717, 1.165) is 43.4 Å². The Hall–Kier alpha value is -2.12. The van der Waals surface area contributed by atoms with Gasteiger partial charge in [0.05, 0.1) is 0 Å². The van der Waals surface area contributed by atoms with E-state index in [0.29, 0.717) is 25.8 Å². The fraction of sp³-hybridized carbons (Fsp3) is 0.800. The van der Waals surface area contributed by atoms with Gasteiger partial charge in [0, 0.05) is 6.54 Å². The number of carbonyl (C=O) groups is 4. The van der Waals surface area contributed by atoms with Gasteiger partial charge in [-0.05, 0) is 38.5 Å². The van der Waals surface area contributed by atoms with Crippen LogP contribution >= 0.6 is 0 Å². The zero-order chi connectivity index (χ0) is 20.4. The number of nitrogens with one attached hydrogen (secondary N) is 3. The molecular weight excluding hydrogens is 360 g/mol. The molecule has 3 fully saturated rings. The predicted molar refractivity (Wildman–Crippen MR) is 103 cm³/mol. The second kappa shape index (κ2) is 8.09. The molecule has 2 aliphatic carbocycles. The van der Waals surface area contributed by atoms with Crippen molar-refractivity contribution < 1.29 is 19.2 Å². The van der Waals surface area contributed by atoms with Crippen LogP contribution in [0.2, 0.25) is 0 Å². The van der Waals surface area contributed by atoms with Crippen LogP contribution in [0.15, 0.2) is 0 Å². The molecule has 28 heavy (non-hydrogen) atoms. The van der Waals surface area contributed by atoms with Crippen LogP contribution in [0.5, 0.6) is 0 Å². The second-order valence-corrected chi connectivity index (χ2v) is 8.49. The highest BCUT2D eigenvalue weighted by molar-refractivity contribution is 6.09. The lowest BCUT2D eigenvalue weighted by atomic mass is 9.73. The molecule has 3 rings (SSSR count). The number of urea groups is 1. The summed E-state index contributed by atoms with van der Waals surface area (Å²) < 4.78 is 0. The molecule has 2 unspecified atom stereocenters. The Kier molecular flexibility index (Phi) is 5.95. The van der Waals surface area contributed by atoms with Crippen molar-refractivity contribution in [3.63, 3.8) is 0 Å².